The lowest BCUT2D eigenvalue weighted by Gasteiger charge is -2.20. The van der Waals surface area contributed by atoms with Gasteiger partial charge in [-0.2, -0.15) is 0 Å². The summed E-state index contributed by atoms with van der Waals surface area (Å²) in [6.07, 6.45) is 2.39. The molecule has 0 saturated heterocycles. The molecule has 4 nitrogen and oxygen atoms in total. The van der Waals surface area contributed by atoms with E-state index in [1.165, 1.54) is 0 Å². The molecule has 4 heteroatoms. The molecule has 0 fully saturated rings. The molecule has 0 aliphatic heterocycles. The molecule has 96 valence electrons. The van der Waals surface area contributed by atoms with E-state index in [0.717, 1.165) is 19.4 Å². The lowest BCUT2D eigenvalue weighted by Crippen LogP contribution is -2.33. The molecule has 1 atom stereocenters. The van der Waals surface area contributed by atoms with E-state index in [0.29, 0.717) is 26.2 Å². The molecule has 0 spiro atoms. The Kier molecular flexibility index (Phi) is 9.24. The second kappa shape index (κ2) is 9.60. The summed E-state index contributed by atoms with van der Waals surface area (Å²) < 4.78 is 5.24. The van der Waals surface area contributed by atoms with E-state index in [4.69, 9.17) is 10.5 Å². The lowest BCUT2D eigenvalue weighted by atomic mass is 10.1. The van der Waals surface area contributed by atoms with Crippen LogP contribution in [0.5, 0.6) is 0 Å². The third-order valence-electron chi connectivity index (χ3n) is 2.49. The number of hydrogen-bond donors (Lipinski definition) is 1. The summed E-state index contributed by atoms with van der Waals surface area (Å²) in [5.41, 5.74) is 5.64. The number of ether oxygens (including phenoxy) is 1. The number of nitrogens with zero attached hydrogens (tertiary/aromatic N) is 1. The fourth-order valence-corrected chi connectivity index (χ4v) is 1.51. The monoisotopic (exact) mass is 230 g/mol. The number of carbonyl (C=O) groups excluding carboxylic acids is 1. The minimum Gasteiger partial charge on any atom is -0.380 e. The van der Waals surface area contributed by atoms with Crippen molar-refractivity contribution < 1.29 is 9.53 Å². The number of carbonyl (C=O) groups is 1. The quantitative estimate of drug-likeness (QED) is 0.609. The molecule has 1 amide bonds. The fraction of sp³-hybridized carbons (Fsp3) is 0.917. The van der Waals surface area contributed by atoms with Gasteiger partial charge in [-0.05, 0) is 33.6 Å². The zero-order valence-corrected chi connectivity index (χ0v) is 10.9. The highest BCUT2D eigenvalue weighted by Gasteiger charge is 2.10. The van der Waals surface area contributed by atoms with Gasteiger partial charge in [0.25, 0.3) is 0 Å². The summed E-state index contributed by atoms with van der Waals surface area (Å²) in [5.74, 6) is 0.211. The third kappa shape index (κ3) is 7.65. The number of amides is 1. The largest absolute Gasteiger partial charge is 0.380 e. The molecule has 0 radical (unpaired) electrons. The first-order valence-corrected chi connectivity index (χ1v) is 6.22. The van der Waals surface area contributed by atoms with E-state index in [1.54, 1.807) is 0 Å². The average Bonchev–Trinajstić information content (AvgIpc) is 2.23. The molecule has 0 heterocycles. The van der Waals surface area contributed by atoms with Crippen molar-refractivity contribution in [3.63, 3.8) is 0 Å². The summed E-state index contributed by atoms with van der Waals surface area (Å²) in [5, 5.41) is 0. The average molecular weight is 230 g/mol. The van der Waals surface area contributed by atoms with E-state index in [1.807, 2.05) is 25.7 Å². The fourth-order valence-electron chi connectivity index (χ4n) is 1.51. The van der Waals surface area contributed by atoms with Crippen molar-refractivity contribution in [2.75, 3.05) is 26.3 Å². The standard InChI is InChI=1S/C12H26N2O2/c1-4-14(9-10-16-5-2)12(15)8-6-7-11(3)13/h11H,4-10,13H2,1-3H3. The summed E-state index contributed by atoms with van der Waals surface area (Å²) in [4.78, 5) is 13.6. The number of nitrogens with two attached hydrogens (primary N) is 1. The molecule has 0 saturated carbocycles. The first-order chi connectivity index (χ1) is 7.61. The third-order valence-corrected chi connectivity index (χ3v) is 2.49. The van der Waals surface area contributed by atoms with Gasteiger partial charge in [0, 0.05) is 32.2 Å². The van der Waals surface area contributed by atoms with Gasteiger partial charge in [0.15, 0.2) is 0 Å². The summed E-state index contributed by atoms with van der Waals surface area (Å²) in [7, 11) is 0. The summed E-state index contributed by atoms with van der Waals surface area (Å²) in [6, 6.07) is 0.186. The van der Waals surface area contributed by atoms with Crippen LogP contribution in [-0.2, 0) is 9.53 Å². The van der Waals surface area contributed by atoms with Crippen molar-refractivity contribution in [1.29, 1.82) is 0 Å². The van der Waals surface area contributed by atoms with Crippen LogP contribution in [0.3, 0.4) is 0 Å². The topological polar surface area (TPSA) is 55.6 Å². The zero-order chi connectivity index (χ0) is 12.4. The maximum Gasteiger partial charge on any atom is 0.222 e. The molecule has 0 aromatic heterocycles. The normalized spacial score (nSPS) is 12.5. The molecular formula is C12H26N2O2. The summed E-state index contributed by atoms with van der Waals surface area (Å²) in [6.45, 7) is 8.71. The van der Waals surface area contributed by atoms with Crippen LogP contribution in [0.4, 0.5) is 0 Å². The van der Waals surface area contributed by atoms with E-state index in [9.17, 15) is 4.79 Å². The first-order valence-electron chi connectivity index (χ1n) is 6.22. The van der Waals surface area contributed by atoms with Crippen molar-refractivity contribution in [2.24, 2.45) is 5.73 Å². The Morgan fingerprint density at radius 3 is 2.62 bits per heavy atom. The highest BCUT2D eigenvalue weighted by Crippen LogP contribution is 2.02. The zero-order valence-electron chi connectivity index (χ0n) is 10.9. The van der Waals surface area contributed by atoms with Crippen LogP contribution in [-0.4, -0.2) is 43.2 Å². The molecule has 0 aromatic carbocycles. The van der Waals surface area contributed by atoms with Crippen LogP contribution >= 0.6 is 0 Å². The predicted octanol–water partition coefficient (Wildman–Crippen LogP) is 1.39. The SMILES string of the molecule is CCOCCN(CC)C(=O)CCCC(C)N. The highest BCUT2D eigenvalue weighted by molar-refractivity contribution is 5.76. The van der Waals surface area contributed by atoms with Gasteiger partial charge in [-0.3, -0.25) is 4.79 Å². The Morgan fingerprint density at radius 1 is 1.44 bits per heavy atom. The van der Waals surface area contributed by atoms with Gasteiger partial charge in [-0.15, -0.1) is 0 Å². The van der Waals surface area contributed by atoms with Gasteiger partial charge in [0.2, 0.25) is 5.91 Å². The molecule has 0 aromatic rings. The van der Waals surface area contributed by atoms with Crippen molar-refractivity contribution in [1.82, 2.24) is 4.90 Å². The molecule has 0 aliphatic carbocycles. The molecule has 0 rings (SSSR count). The Bertz CT molecular complexity index is 184. The van der Waals surface area contributed by atoms with Gasteiger partial charge < -0.3 is 15.4 Å². The maximum atomic E-state index is 11.8. The molecular weight excluding hydrogens is 204 g/mol. The van der Waals surface area contributed by atoms with Gasteiger partial charge in [0.05, 0.1) is 6.61 Å². The van der Waals surface area contributed by atoms with Crippen LogP contribution in [0.2, 0.25) is 0 Å². The lowest BCUT2D eigenvalue weighted by molar-refractivity contribution is -0.131. The van der Waals surface area contributed by atoms with E-state index >= 15 is 0 Å². The molecule has 1 unspecified atom stereocenters. The Morgan fingerprint density at radius 2 is 2.12 bits per heavy atom. The maximum absolute atomic E-state index is 11.8. The van der Waals surface area contributed by atoms with Crippen LogP contribution < -0.4 is 5.73 Å². The van der Waals surface area contributed by atoms with Crippen LogP contribution in [0, 0.1) is 0 Å². The van der Waals surface area contributed by atoms with E-state index in [2.05, 4.69) is 0 Å². The Balaban J connectivity index is 3.73. The van der Waals surface area contributed by atoms with Gasteiger partial charge in [-0.25, -0.2) is 0 Å². The number of hydrogen-bond acceptors (Lipinski definition) is 3. The van der Waals surface area contributed by atoms with Crippen LogP contribution in [0.1, 0.15) is 40.0 Å². The molecule has 0 aliphatic rings. The second-order valence-corrected chi connectivity index (χ2v) is 4.04. The molecule has 2 N–H and O–H groups in total. The van der Waals surface area contributed by atoms with Crippen molar-refractivity contribution in [3.8, 4) is 0 Å². The van der Waals surface area contributed by atoms with Gasteiger partial charge in [0.1, 0.15) is 0 Å². The van der Waals surface area contributed by atoms with Crippen molar-refractivity contribution in [2.45, 2.75) is 46.1 Å². The predicted molar refractivity (Wildman–Crippen MR) is 66.2 cm³/mol. The minimum atomic E-state index is 0.186. The minimum absolute atomic E-state index is 0.186. The van der Waals surface area contributed by atoms with E-state index in [-0.39, 0.29) is 11.9 Å². The number of rotatable bonds is 9. The Hall–Kier alpha value is -0.610. The summed E-state index contributed by atoms with van der Waals surface area (Å²) >= 11 is 0. The Labute approximate surface area is 99.1 Å². The molecule has 16 heavy (non-hydrogen) atoms. The smallest absolute Gasteiger partial charge is 0.222 e. The van der Waals surface area contributed by atoms with Crippen LogP contribution in [0.25, 0.3) is 0 Å². The number of likely N-dealkylation sites (N-methyl/N-ethyl adjacent to an activating group) is 1. The first kappa shape index (κ1) is 15.4. The van der Waals surface area contributed by atoms with Crippen LogP contribution in [0.15, 0.2) is 0 Å². The van der Waals surface area contributed by atoms with Gasteiger partial charge in [-0.1, -0.05) is 0 Å². The van der Waals surface area contributed by atoms with Crippen molar-refractivity contribution >= 4 is 5.91 Å². The second-order valence-electron chi connectivity index (χ2n) is 4.04. The van der Waals surface area contributed by atoms with Gasteiger partial charge >= 0.3 is 0 Å². The van der Waals surface area contributed by atoms with E-state index < -0.39 is 0 Å². The highest BCUT2D eigenvalue weighted by atomic mass is 16.5. The van der Waals surface area contributed by atoms with Crippen molar-refractivity contribution in [3.05, 3.63) is 0 Å². The molecule has 0 bridgehead atoms.